The summed E-state index contributed by atoms with van der Waals surface area (Å²) >= 11 is 0. The van der Waals surface area contributed by atoms with Gasteiger partial charge in [-0.1, -0.05) is 25.3 Å². The molecular weight excluding hydrogens is 402 g/mol. The zero-order valence-corrected chi connectivity index (χ0v) is 20.0. The van der Waals surface area contributed by atoms with Crippen molar-refractivity contribution in [3.63, 3.8) is 0 Å². The Kier molecular flexibility index (Phi) is 8.46. The van der Waals surface area contributed by atoms with Crippen molar-refractivity contribution in [3.8, 4) is 5.75 Å². The lowest BCUT2D eigenvalue weighted by Gasteiger charge is -2.24. The van der Waals surface area contributed by atoms with Gasteiger partial charge in [-0.15, -0.1) is 0 Å². The Morgan fingerprint density at radius 1 is 1.09 bits per heavy atom. The summed E-state index contributed by atoms with van der Waals surface area (Å²) in [7, 11) is 3.03. The molecule has 0 unspecified atom stereocenters. The maximum atomic E-state index is 11.5. The van der Waals surface area contributed by atoms with Gasteiger partial charge in [0.05, 0.1) is 12.8 Å². The predicted octanol–water partition coefficient (Wildman–Crippen LogP) is 5.81. The number of hydrogen-bond donors (Lipinski definition) is 0. The van der Waals surface area contributed by atoms with E-state index in [1.165, 1.54) is 54.7 Å². The third-order valence-corrected chi connectivity index (χ3v) is 6.52. The molecule has 172 valence electrons. The van der Waals surface area contributed by atoms with E-state index < -0.39 is 0 Å². The van der Waals surface area contributed by atoms with Crippen LogP contribution in [0.4, 0.5) is 0 Å². The standard InChI is InChI=1S/C27H35NO4/c1-18-15-22(11-14-26(29)31-5)19(2)20(3)24(18)16-23-12-13-25(32-17-30-4)27(28-23)21-9-7-6-8-10-21/h11-15,21H,6-10,16-17H2,1-5H3/b14-11+. The molecule has 1 aromatic heterocycles. The van der Waals surface area contributed by atoms with Gasteiger partial charge in [0.2, 0.25) is 0 Å². The number of carbonyl (C=O) groups is 1. The number of ether oxygens (including phenoxy) is 3. The van der Waals surface area contributed by atoms with E-state index in [1.54, 1.807) is 7.11 Å². The molecular formula is C27H35NO4. The van der Waals surface area contributed by atoms with Crippen LogP contribution in [0, 0.1) is 20.8 Å². The van der Waals surface area contributed by atoms with Gasteiger partial charge in [-0.05, 0) is 79.6 Å². The van der Waals surface area contributed by atoms with Crippen LogP contribution < -0.4 is 4.74 Å². The van der Waals surface area contributed by atoms with Crippen LogP contribution >= 0.6 is 0 Å². The van der Waals surface area contributed by atoms with Crippen molar-refractivity contribution in [2.75, 3.05) is 21.0 Å². The Balaban J connectivity index is 1.91. The molecule has 0 atom stereocenters. The fraction of sp³-hybridized carbons (Fsp3) is 0.481. The molecule has 0 N–H and O–H groups in total. The highest BCUT2D eigenvalue weighted by atomic mass is 16.7. The van der Waals surface area contributed by atoms with Crippen molar-refractivity contribution < 1.29 is 19.0 Å². The van der Waals surface area contributed by atoms with E-state index in [9.17, 15) is 4.79 Å². The molecule has 0 radical (unpaired) electrons. The van der Waals surface area contributed by atoms with Crippen LogP contribution in [0.1, 0.15) is 77.2 Å². The smallest absolute Gasteiger partial charge is 0.330 e. The van der Waals surface area contributed by atoms with Crippen molar-refractivity contribution in [1.82, 2.24) is 4.98 Å². The fourth-order valence-corrected chi connectivity index (χ4v) is 4.54. The third kappa shape index (κ3) is 5.77. The van der Waals surface area contributed by atoms with Crippen LogP contribution in [0.25, 0.3) is 6.08 Å². The van der Waals surface area contributed by atoms with Crippen molar-refractivity contribution >= 4 is 12.0 Å². The molecule has 0 aliphatic heterocycles. The van der Waals surface area contributed by atoms with Crippen LogP contribution in [0.15, 0.2) is 24.3 Å². The first-order valence-electron chi connectivity index (χ1n) is 11.4. The first-order valence-corrected chi connectivity index (χ1v) is 11.4. The molecule has 1 saturated carbocycles. The van der Waals surface area contributed by atoms with Crippen molar-refractivity contribution in [1.29, 1.82) is 0 Å². The van der Waals surface area contributed by atoms with E-state index in [0.29, 0.717) is 5.92 Å². The van der Waals surface area contributed by atoms with E-state index in [2.05, 4.69) is 39.0 Å². The van der Waals surface area contributed by atoms with Crippen LogP contribution in [0.3, 0.4) is 0 Å². The lowest BCUT2D eigenvalue weighted by molar-refractivity contribution is -0.134. The molecule has 0 bridgehead atoms. The number of hydrogen-bond acceptors (Lipinski definition) is 5. The summed E-state index contributed by atoms with van der Waals surface area (Å²) in [6.45, 7) is 6.59. The van der Waals surface area contributed by atoms with Gasteiger partial charge in [0.25, 0.3) is 0 Å². The summed E-state index contributed by atoms with van der Waals surface area (Å²) in [5, 5.41) is 0. The summed E-state index contributed by atoms with van der Waals surface area (Å²) in [6.07, 6.45) is 10.2. The van der Waals surface area contributed by atoms with E-state index >= 15 is 0 Å². The number of carbonyl (C=O) groups excluding carboxylic acids is 1. The molecule has 32 heavy (non-hydrogen) atoms. The number of aromatic nitrogens is 1. The predicted molar refractivity (Wildman–Crippen MR) is 127 cm³/mol. The topological polar surface area (TPSA) is 57.7 Å². The second kappa shape index (κ2) is 11.3. The first kappa shape index (κ1) is 24.0. The Labute approximate surface area is 191 Å². The molecule has 5 heteroatoms. The largest absolute Gasteiger partial charge is 0.466 e. The van der Waals surface area contributed by atoms with Crippen LogP contribution in [0.2, 0.25) is 0 Å². The SMILES string of the molecule is COCOc1ccc(Cc2c(C)cc(/C=C/C(=O)OC)c(C)c2C)nc1C1CCCCC1. The quantitative estimate of drug-likeness (QED) is 0.296. The fourth-order valence-electron chi connectivity index (χ4n) is 4.54. The molecule has 0 saturated heterocycles. The number of nitrogens with zero attached hydrogens (tertiary/aromatic N) is 1. The van der Waals surface area contributed by atoms with Crippen LogP contribution in [0.5, 0.6) is 5.75 Å². The molecule has 0 amide bonds. The van der Waals surface area contributed by atoms with Crippen molar-refractivity contribution in [2.45, 2.75) is 65.2 Å². The number of esters is 1. The van der Waals surface area contributed by atoms with Gasteiger partial charge in [0.1, 0.15) is 5.75 Å². The Morgan fingerprint density at radius 2 is 1.84 bits per heavy atom. The van der Waals surface area contributed by atoms with Crippen molar-refractivity contribution in [2.24, 2.45) is 0 Å². The summed E-state index contributed by atoms with van der Waals surface area (Å²) in [5.74, 6) is 0.944. The lowest BCUT2D eigenvalue weighted by atomic mass is 9.86. The Morgan fingerprint density at radius 3 is 2.53 bits per heavy atom. The summed E-state index contributed by atoms with van der Waals surface area (Å²) < 4.78 is 15.7. The number of rotatable bonds is 8. The molecule has 1 heterocycles. The lowest BCUT2D eigenvalue weighted by Crippen LogP contribution is -2.12. The molecule has 1 aromatic carbocycles. The van der Waals surface area contributed by atoms with Crippen LogP contribution in [-0.4, -0.2) is 32.0 Å². The summed E-state index contributed by atoms with van der Waals surface area (Å²) in [4.78, 5) is 16.6. The van der Waals surface area contributed by atoms with Gasteiger partial charge < -0.3 is 14.2 Å². The second-order valence-corrected chi connectivity index (χ2v) is 8.62. The molecule has 1 aliphatic carbocycles. The number of aryl methyl sites for hydroxylation is 1. The van der Waals surface area contributed by atoms with Gasteiger partial charge in [-0.3, -0.25) is 4.98 Å². The zero-order chi connectivity index (χ0) is 23.1. The average Bonchev–Trinajstić information content (AvgIpc) is 2.82. The highest BCUT2D eigenvalue weighted by Crippen LogP contribution is 2.37. The van der Waals surface area contributed by atoms with Gasteiger partial charge in [0, 0.05) is 31.2 Å². The highest BCUT2D eigenvalue weighted by molar-refractivity contribution is 5.87. The number of methoxy groups -OCH3 is 2. The van der Waals surface area contributed by atoms with Crippen LogP contribution in [-0.2, 0) is 20.7 Å². The summed E-state index contributed by atoms with van der Waals surface area (Å²) in [6, 6.07) is 6.25. The molecule has 3 rings (SSSR count). The zero-order valence-electron chi connectivity index (χ0n) is 20.0. The maximum absolute atomic E-state index is 11.5. The molecule has 1 fully saturated rings. The Hall–Kier alpha value is -2.66. The first-order chi connectivity index (χ1) is 15.4. The van der Waals surface area contributed by atoms with Gasteiger partial charge in [0.15, 0.2) is 6.79 Å². The minimum atomic E-state index is -0.348. The van der Waals surface area contributed by atoms with E-state index in [-0.39, 0.29) is 12.8 Å². The average molecular weight is 438 g/mol. The molecule has 5 nitrogen and oxygen atoms in total. The molecule has 0 spiro atoms. The monoisotopic (exact) mass is 437 g/mol. The molecule has 1 aliphatic rings. The van der Waals surface area contributed by atoms with Gasteiger partial charge >= 0.3 is 5.97 Å². The van der Waals surface area contributed by atoms with E-state index in [4.69, 9.17) is 19.2 Å². The van der Waals surface area contributed by atoms with E-state index in [0.717, 1.165) is 42.0 Å². The normalized spacial score (nSPS) is 14.7. The second-order valence-electron chi connectivity index (χ2n) is 8.62. The Bertz CT molecular complexity index is 974. The number of benzene rings is 1. The maximum Gasteiger partial charge on any atom is 0.330 e. The molecule has 2 aromatic rings. The van der Waals surface area contributed by atoms with Gasteiger partial charge in [-0.2, -0.15) is 0 Å². The highest BCUT2D eigenvalue weighted by Gasteiger charge is 2.22. The number of pyridine rings is 1. The van der Waals surface area contributed by atoms with E-state index in [1.807, 2.05) is 6.08 Å². The minimum Gasteiger partial charge on any atom is -0.466 e. The third-order valence-electron chi connectivity index (χ3n) is 6.52. The minimum absolute atomic E-state index is 0.235. The van der Waals surface area contributed by atoms with Crippen molar-refractivity contribution in [3.05, 3.63) is 63.5 Å². The van der Waals surface area contributed by atoms with Gasteiger partial charge in [-0.25, -0.2) is 4.79 Å². The summed E-state index contributed by atoms with van der Waals surface area (Å²) in [5.41, 5.74) is 8.04.